The average Bonchev–Trinajstić information content (AvgIpc) is 3.05. The highest BCUT2D eigenvalue weighted by atomic mass is 19.1. The predicted octanol–water partition coefficient (Wildman–Crippen LogP) is 3.40. The Morgan fingerprint density at radius 3 is 2.52 bits per heavy atom. The number of anilines is 2. The van der Waals surface area contributed by atoms with Crippen LogP contribution in [0.2, 0.25) is 0 Å². The van der Waals surface area contributed by atoms with E-state index in [2.05, 4.69) is 5.32 Å². The van der Waals surface area contributed by atoms with Gasteiger partial charge >= 0.3 is 0 Å². The number of nitrogens with zero attached hydrogens (tertiary/aromatic N) is 2. The Morgan fingerprint density at radius 1 is 1.14 bits per heavy atom. The Kier molecular flexibility index (Phi) is 4.61. The van der Waals surface area contributed by atoms with Crippen molar-refractivity contribution in [2.45, 2.75) is 32.4 Å². The van der Waals surface area contributed by atoms with Gasteiger partial charge in [-0.25, -0.2) is 4.39 Å². The largest absolute Gasteiger partial charge is 0.322 e. The Balaban J connectivity index is 1.84. The molecule has 3 amide bonds. The van der Waals surface area contributed by atoms with E-state index in [9.17, 15) is 18.8 Å². The maximum Gasteiger partial charge on any atom is 0.271 e. The van der Waals surface area contributed by atoms with E-state index in [4.69, 9.17) is 0 Å². The lowest BCUT2D eigenvalue weighted by atomic mass is 9.94. The number of benzene rings is 2. The van der Waals surface area contributed by atoms with Gasteiger partial charge in [-0.15, -0.1) is 0 Å². The summed E-state index contributed by atoms with van der Waals surface area (Å²) in [4.78, 5) is 42.8. The smallest absolute Gasteiger partial charge is 0.271 e. The molecule has 2 aromatic rings. The molecule has 6 nitrogen and oxygen atoms in total. The maximum atomic E-state index is 13.6. The van der Waals surface area contributed by atoms with Crippen molar-refractivity contribution >= 4 is 29.1 Å². The van der Waals surface area contributed by atoms with Crippen LogP contribution in [0.1, 0.15) is 37.0 Å². The molecule has 1 N–H and O–H groups in total. The van der Waals surface area contributed by atoms with E-state index >= 15 is 0 Å². The van der Waals surface area contributed by atoms with Crippen molar-refractivity contribution in [3.05, 3.63) is 59.9 Å². The fourth-order valence-corrected chi connectivity index (χ4v) is 4.16. The topological polar surface area (TPSA) is 69.7 Å². The zero-order valence-electron chi connectivity index (χ0n) is 16.3. The minimum Gasteiger partial charge on any atom is -0.322 e. The van der Waals surface area contributed by atoms with Crippen LogP contribution in [0.4, 0.5) is 15.8 Å². The van der Waals surface area contributed by atoms with Crippen LogP contribution in [0.3, 0.4) is 0 Å². The summed E-state index contributed by atoms with van der Waals surface area (Å²) >= 11 is 0. The molecule has 2 aromatic carbocycles. The summed E-state index contributed by atoms with van der Waals surface area (Å²) in [6, 6.07) is 12.3. The second-order valence-electron chi connectivity index (χ2n) is 7.83. The van der Waals surface area contributed by atoms with Crippen LogP contribution in [0.15, 0.2) is 48.5 Å². The SMILES string of the molecule is CC(C)CN1C(=O)c2ccccc2N2C(=O)CC[C@]12C(=O)Nc1ccc(F)cc1. The van der Waals surface area contributed by atoms with Crippen LogP contribution in [0, 0.1) is 11.7 Å². The lowest BCUT2D eigenvalue weighted by molar-refractivity contribution is -0.129. The molecule has 1 fully saturated rings. The summed E-state index contributed by atoms with van der Waals surface area (Å²) in [6.45, 7) is 4.24. The van der Waals surface area contributed by atoms with Crippen LogP contribution in [-0.2, 0) is 9.59 Å². The maximum absolute atomic E-state index is 13.6. The molecular formula is C22H22FN3O3. The van der Waals surface area contributed by atoms with Crippen LogP contribution < -0.4 is 10.2 Å². The van der Waals surface area contributed by atoms with Gasteiger partial charge in [0.1, 0.15) is 5.82 Å². The highest BCUT2D eigenvalue weighted by Gasteiger charge is 2.60. The van der Waals surface area contributed by atoms with Crippen LogP contribution in [0.25, 0.3) is 0 Å². The number of para-hydroxylation sites is 1. The van der Waals surface area contributed by atoms with Gasteiger partial charge in [-0.05, 0) is 42.3 Å². The number of fused-ring (bicyclic) bond motifs is 3. The molecular weight excluding hydrogens is 373 g/mol. The quantitative estimate of drug-likeness (QED) is 0.863. The van der Waals surface area contributed by atoms with Gasteiger partial charge in [0.25, 0.3) is 11.8 Å². The molecule has 1 atom stereocenters. The molecule has 0 aliphatic carbocycles. The molecule has 150 valence electrons. The highest BCUT2D eigenvalue weighted by Crippen LogP contribution is 2.45. The molecule has 2 aliphatic heterocycles. The first kappa shape index (κ1) is 19.1. The number of nitrogens with one attached hydrogen (secondary N) is 1. The van der Waals surface area contributed by atoms with Gasteiger partial charge in [0.15, 0.2) is 0 Å². The Morgan fingerprint density at radius 2 is 1.83 bits per heavy atom. The third-order valence-electron chi connectivity index (χ3n) is 5.39. The summed E-state index contributed by atoms with van der Waals surface area (Å²) in [6.07, 6.45) is 0.360. The highest BCUT2D eigenvalue weighted by molar-refractivity contribution is 6.18. The van der Waals surface area contributed by atoms with Crippen molar-refractivity contribution in [1.29, 1.82) is 0 Å². The Hall–Kier alpha value is -3.22. The van der Waals surface area contributed by atoms with Gasteiger partial charge in [-0.1, -0.05) is 26.0 Å². The van der Waals surface area contributed by atoms with E-state index in [0.29, 0.717) is 23.5 Å². The minimum atomic E-state index is -1.44. The second-order valence-corrected chi connectivity index (χ2v) is 7.83. The first-order chi connectivity index (χ1) is 13.8. The molecule has 7 heteroatoms. The molecule has 0 aromatic heterocycles. The molecule has 4 rings (SSSR count). The molecule has 0 saturated carbocycles. The van der Waals surface area contributed by atoms with Crippen molar-refractivity contribution < 1.29 is 18.8 Å². The molecule has 1 saturated heterocycles. The summed E-state index contributed by atoms with van der Waals surface area (Å²) in [7, 11) is 0. The lowest BCUT2D eigenvalue weighted by Gasteiger charge is -2.49. The van der Waals surface area contributed by atoms with Gasteiger partial charge in [-0.2, -0.15) is 0 Å². The molecule has 2 heterocycles. The summed E-state index contributed by atoms with van der Waals surface area (Å²) in [5.74, 6) is -1.26. The molecule has 0 spiro atoms. The molecule has 0 unspecified atom stereocenters. The van der Waals surface area contributed by atoms with Crippen molar-refractivity contribution in [2.75, 3.05) is 16.8 Å². The van der Waals surface area contributed by atoms with Gasteiger partial charge in [0.2, 0.25) is 11.6 Å². The first-order valence-corrected chi connectivity index (χ1v) is 9.65. The standard InChI is InChI=1S/C22H22FN3O3/c1-14(2)13-25-20(28)17-5-3-4-6-18(17)26-19(27)11-12-22(25,26)21(29)24-16-9-7-15(23)8-10-16/h3-10,14H,11-13H2,1-2H3,(H,24,29)/t22-/m0/s1. The fraction of sp³-hybridized carbons (Fsp3) is 0.318. The first-order valence-electron chi connectivity index (χ1n) is 9.65. The third kappa shape index (κ3) is 2.97. The Bertz CT molecular complexity index is 989. The van der Waals surface area contributed by atoms with Crippen LogP contribution in [0.5, 0.6) is 0 Å². The lowest BCUT2D eigenvalue weighted by Crippen LogP contribution is -2.69. The number of hydrogen-bond acceptors (Lipinski definition) is 3. The number of halogens is 1. The second kappa shape index (κ2) is 6.99. The molecule has 2 aliphatic rings. The van der Waals surface area contributed by atoms with Crippen LogP contribution in [-0.4, -0.2) is 34.8 Å². The average molecular weight is 395 g/mol. The van der Waals surface area contributed by atoms with Gasteiger partial charge in [0, 0.05) is 25.1 Å². The monoisotopic (exact) mass is 395 g/mol. The molecule has 0 bridgehead atoms. The number of amides is 3. The van der Waals surface area contributed by atoms with Gasteiger partial charge < -0.3 is 10.2 Å². The van der Waals surface area contributed by atoms with Gasteiger partial charge in [-0.3, -0.25) is 19.3 Å². The summed E-state index contributed by atoms with van der Waals surface area (Å²) < 4.78 is 13.2. The van der Waals surface area contributed by atoms with Gasteiger partial charge in [0.05, 0.1) is 11.3 Å². The molecule has 29 heavy (non-hydrogen) atoms. The Labute approximate surface area is 168 Å². The summed E-state index contributed by atoms with van der Waals surface area (Å²) in [5, 5.41) is 2.78. The number of carbonyl (C=O) groups excluding carboxylic acids is 3. The van der Waals surface area contributed by atoms with Crippen molar-refractivity contribution in [1.82, 2.24) is 4.90 Å². The van der Waals surface area contributed by atoms with E-state index in [1.54, 1.807) is 24.3 Å². The van der Waals surface area contributed by atoms with E-state index in [0.717, 1.165) is 0 Å². The van der Waals surface area contributed by atoms with Crippen LogP contribution >= 0.6 is 0 Å². The normalized spacial score (nSPS) is 20.7. The number of carbonyl (C=O) groups is 3. The third-order valence-corrected chi connectivity index (χ3v) is 5.39. The van der Waals surface area contributed by atoms with E-state index < -0.39 is 17.4 Å². The van der Waals surface area contributed by atoms with Crippen molar-refractivity contribution in [3.8, 4) is 0 Å². The van der Waals surface area contributed by atoms with E-state index in [1.807, 2.05) is 13.8 Å². The van der Waals surface area contributed by atoms with E-state index in [1.165, 1.54) is 34.1 Å². The fourth-order valence-electron chi connectivity index (χ4n) is 4.16. The zero-order chi connectivity index (χ0) is 20.8. The minimum absolute atomic E-state index is 0.0947. The van der Waals surface area contributed by atoms with Crippen molar-refractivity contribution in [2.24, 2.45) is 5.92 Å². The number of hydrogen-bond donors (Lipinski definition) is 1. The predicted molar refractivity (Wildman–Crippen MR) is 107 cm³/mol. The zero-order valence-corrected chi connectivity index (χ0v) is 16.3. The number of rotatable bonds is 4. The van der Waals surface area contributed by atoms with E-state index in [-0.39, 0.29) is 30.6 Å². The summed E-state index contributed by atoms with van der Waals surface area (Å²) in [5.41, 5.74) is -0.176. The molecule has 0 radical (unpaired) electrons. The van der Waals surface area contributed by atoms with Crippen molar-refractivity contribution in [3.63, 3.8) is 0 Å².